The second kappa shape index (κ2) is 2.80. The second-order valence-electron chi connectivity index (χ2n) is 5.85. The standard InChI is InChI=1S/C14H18N2/c15-14(4-5-14)11-2-1-3-12(8-11)16-9-10-6-13(16)7-10/h1-3,8,10,13H,4-7,9,15H2. The van der Waals surface area contributed by atoms with Gasteiger partial charge in [-0.3, -0.25) is 0 Å². The molecule has 2 saturated carbocycles. The first-order valence-electron chi connectivity index (χ1n) is 6.41. The molecule has 0 atom stereocenters. The van der Waals surface area contributed by atoms with Crippen LogP contribution in [0.3, 0.4) is 0 Å². The van der Waals surface area contributed by atoms with Gasteiger partial charge >= 0.3 is 0 Å². The fraction of sp³-hybridized carbons (Fsp3) is 0.571. The zero-order valence-electron chi connectivity index (χ0n) is 9.52. The van der Waals surface area contributed by atoms with Crippen molar-refractivity contribution < 1.29 is 0 Å². The highest BCUT2D eigenvalue weighted by Gasteiger charge is 2.44. The SMILES string of the molecule is NC1(c2cccc(N3CC4CC3C4)c2)CC1. The van der Waals surface area contributed by atoms with Crippen LogP contribution >= 0.6 is 0 Å². The van der Waals surface area contributed by atoms with Gasteiger partial charge < -0.3 is 10.6 Å². The minimum absolute atomic E-state index is 0.0126. The van der Waals surface area contributed by atoms with Crippen molar-refractivity contribution in [3.63, 3.8) is 0 Å². The highest BCUT2D eigenvalue weighted by atomic mass is 15.2. The molecule has 0 unspecified atom stereocenters. The number of rotatable bonds is 2. The van der Waals surface area contributed by atoms with Crippen LogP contribution in [0, 0.1) is 5.92 Å². The Hall–Kier alpha value is -1.02. The zero-order valence-corrected chi connectivity index (χ0v) is 9.52. The van der Waals surface area contributed by atoms with Crippen molar-refractivity contribution in [1.82, 2.24) is 0 Å². The van der Waals surface area contributed by atoms with Crippen molar-refractivity contribution in [3.8, 4) is 0 Å². The molecule has 1 aromatic carbocycles. The van der Waals surface area contributed by atoms with Crippen LogP contribution in [-0.4, -0.2) is 12.6 Å². The second-order valence-corrected chi connectivity index (χ2v) is 5.85. The number of hydrogen-bond donors (Lipinski definition) is 1. The molecule has 2 aliphatic heterocycles. The summed E-state index contributed by atoms with van der Waals surface area (Å²) in [4.78, 5) is 2.58. The lowest BCUT2D eigenvalue weighted by Crippen LogP contribution is -2.29. The van der Waals surface area contributed by atoms with Crippen LogP contribution in [0.5, 0.6) is 0 Å². The van der Waals surface area contributed by atoms with Crippen molar-refractivity contribution in [1.29, 1.82) is 0 Å². The number of anilines is 1. The van der Waals surface area contributed by atoms with Gasteiger partial charge in [0, 0.05) is 23.8 Å². The first kappa shape index (κ1) is 9.06. The van der Waals surface area contributed by atoms with E-state index in [0.717, 1.165) is 24.8 Å². The Morgan fingerprint density at radius 2 is 2.06 bits per heavy atom. The summed E-state index contributed by atoms with van der Waals surface area (Å²) in [5.41, 5.74) is 9.02. The summed E-state index contributed by atoms with van der Waals surface area (Å²) in [6.45, 7) is 1.27. The van der Waals surface area contributed by atoms with Gasteiger partial charge in [-0.2, -0.15) is 0 Å². The summed E-state index contributed by atoms with van der Waals surface area (Å²) in [7, 11) is 0. The molecule has 4 fully saturated rings. The minimum atomic E-state index is 0.0126. The van der Waals surface area contributed by atoms with Gasteiger partial charge in [0.2, 0.25) is 0 Å². The number of hydrogen-bond acceptors (Lipinski definition) is 2. The molecule has 0 amide bonds. The van der Waals surface area contributed by atoms with Crippen molar-refractivity contribution in [2.45, 2.75) is 37.3 Å². The third-order valence-corrected chi connectivity index (χ3v) is 4.65. The predicted molar refractivity (Wildman–Crippen MR) is 65.4 cm³/mol. The topological polar surface area (TPSA) is 29.3 Å². The fourth-order valence-corrected chi connectivity index (χ4v) is 3.27. The Morgan fingerprint density at radius 1 is 1.25 bits per heavy atom. The summed E-state index contributed by atoms with van der Waals surface area (Å²) in [5, 5.41) is 0. The van der Waals surface area contributed by atoms with E-state index in [9.17, 15) is 0 Å². The van der Waals surface area contributed by atoms with Crippen molar-refractivity contribution >= 4 is 5.69 Å². The summed E-state index contributed by atoms with van der Waals surface area (Å²) >= 11 is 0. The Morgan fingerprint density at radius 3 is 2.69 bits per heavy atom. The minimum Gasteiger partial charge on any atom is -0.368 e. The molecular formula is C14H18N2. The molecule has 84 valence electrons. The van der Waals surface area contributed by atoms with E-state index in [1.54, 1.807) is 0 Å². The van der Waals surface area contributed by atoms with E-state index < -0.39 is 0 Å². The molecule has 0 spiro atoms. The molecule has 4 aliphatic rings. The van der Waals surface area contributed by atoms with E-state index in [0.29, 0.717) is 0 Å². The molecule has 5 rings (SSSR count). The lowest BCUT2D eigenvalue weighted by molar-refractivity contribution is 0.381. The van der Waals surface area contributed by atoms with Crippen molar-refractivity contribution in [3.05, 3.63) is 29.8 Å². The van der Waals surface area contributed by atoms with Gasteiger partial charge in [-0.05, 0) is 49.3 Å². The maximum Gasteiger partial charge on any atom is 0.0412 e. The van der Waals surface area contributed by atoms with Crippen LogP contribution < -0.4 is 10.6 Å². The molecule has 16 heavy (non-hydrogen) atoms. The van der Waals surface area contributed by atoms with Crippen molar-refractivity contribution in [2.24, 2.45) is 11.7 Å². The summed E-state index contributed by atoms with van der Waals surface area (Å²) in [6, 6.07) is 9.77. The van der Waals surface area contributed by atoms with Gasteiger partial charge in [0.05, 0.1) is 0 Å². The maximum atomic E-state index is 6.26. The number of nitrogens with zero attached hydrogens (tertiary/aromatic N) is 1. The first-order valence-corrected chi connectivity index (χ1v) is 6.41. The van der Waals surface area contributed by atoms with E-state index in [2.05, 4.69) is 29.2 Å². The van der Waals surface area contributed by atoms with E-state index in [-0.39, 0.29) is 5.54 Å². The van der Waals surface area contributed by atoms with Gasteiger partial charge in [0.15, 0.2) is 0 Å². The summed E-state index contributed by atoms with van der Waals surface area (Å²) in [6.07, 6.45) is 5.14. The van der Waals surface area contributed by atoms with Crippen LogP contribution in [0.1, 0.15) is 31.2 Å². The lowest BCUT2D eigenvalue weighted by Gasteiger charge is -2.28. The van der Waals surface area contributed by atoms with Crippen LogP contribution in [0.15, 0.2) is 24.3 Å². The van der Waals surface area contributed by atoms with Gasteiger partial charge in [-0.1, -0.05) is 12.1 Å². The molecule has 2 bridgehead atoms. The monoisotopic (exact) mass is 214 g/mol. The highest BCUT2D eigenvalue weighted by Crippen LogP contribution is 2.46. The van der Waals surface area contributed by atoms with Crippen molar-refractivity contribution in [2.75, 3.05) is 11.4 Å². The van der Waals surface area contributed by atoms with E-state index >= 15 is 0 Å². The predicted octanol–water partition coefficient (Wildman–Crippen LogP) is 2.23. The molecule has 1 aromatic rings. The van der Waals surface area contributed by atoms with E-state index in [1.807, 2.05) is 0 Å². The molecule has 2 heterocycles. The molecular weight excluding hydrogens is 196 g/mol. The van der Waals surface area contributed by atoms with Gasteiger partial charge in [0.25, 0.3) is 0 Å². The molecule has 0 radical (unpaired) electrons. The number of benzene rings is 1. The molecule has 2 nitrogen and oxygen atoms in total. The average molecular weight is 214 g/mol. The largest absolute Gasteiger partial charge is 0.368 e. The quantitative estimate of drug-likeness (QED) is 0.818. The van der Waals surface area contributed by atoms with Crippen LogP contribution in [0.25, 0.3) is 0 Å². The molecule has 2 heteroatoms. The maximum absolute atomic E-state index is 6.26. The normalized spacial score (nSPS) is 33.7. The third kappa shape index (κ3) is 1.17. The lowest BCUT2D eigenvalue weighted by atomic mass is 9.86. The van der Waals surface area contributed by atoms with E-state index in [4.69, 9.17) is 5.73 Å². The highest BCUT2D eigenvalue weighted by molar-refractivity contribution is 5.54. The summed E-state index contributed by atoms with van der Waals surface area (Å²) in [5.74, 6) is 0.974. The van der Waals surface area contributed by atoms with Crippen LogP contribution in [-0.2, 0) is 5.54 Å². The third-order valence-electron chi connectivity index (χ3n) is 4.65. The Kier molecular flexibility index (Phi) is 1.59. The first-order chi connectivity index (χ1) is 7.74. The van der Waals surface area contributed by atoms with Gasteiger partial charge in [-0.25, -0.2) is 0 Å². The molecule has 2 saturated heterocycles. The molecule has 2 aliphatic carbocycles. The average Bonchev–Trinajstić information content (AvgIpc) is 2.76. The van der Waals surface area contributed by atoms with Crippen LogP contribution in [0.4, 0.5) is 5.69 Å². The zero-order chi connectivity index (χ0) is 10.8. The number of nitrogens with two attached hydrogens (primary N) is 1. The fourth-order valence-electron chi connectivity index (χ4n) is 3.27. The Bertz CT molecular complexity index is 430. The van der Waals surface area contributed by atoms with E-state index in [1.165, 1.54) is 30.6 Å². The molecule has 0 aromatic heterocycles. The van der Waals surface area contributed by atoms with Gasteiger partial charge in [-0.15, -0.1) is 0 Å². The Labute approximate surface area is 96.4 Å². The van der Waals surface area contributed by atoms with Gasteiger partial charge in [0.1, 0.15) is 0 Å². The Balaban J connectivity index is 1.68. The smallest absolute Gasteiger partial charge is 0.0412 e. The van der Waals surface area contributed by atoms with Crippen LogP contribution in [0.2, 0.25) is 0 Å². The molecule has 2 N–H and O–H groups in total. The number of fused-ring (bicyclic) bond motifs is 1. The summed E-state index contributed by atoms with van der Waals surface area (Å²) < 4.78 is 0.